The number of aliphatic imine (C=N–C) groups is 1. The van der Waals surface area contributed by atoms with Crippen molar-refractivity contribution in [2.75, 3.05) is 31.1 Å². The zero-order valence-corrected chi connectivity index (χ0v) is 19.6. The number of halogens is 1. The molecule has 29 heavy (non-hydrogen) atoms. The van der Waals surface area contributed by atoms with Gasteiger partial charge in [0.1, 0.15) is 5.82 Å². The molecule has 0 spiro atoms. The van der Waals surface area contributed by atoms with Gasteiger partial charge in [-0.2, -0.15) is 0 Å². The van der Waals surface area contributed by atoms with Crippen LogP contribution in [0.4, 0.5) is 5.82 Å². The maximum Gasteiger partial charge on any atom is 0.191 e. The largest absolute Gasteiger partial charge is 0.357 e. The van der Waals surface area contributed by atoms with Gasteiger partial charge in [-0.05, 0) is 43.5 Å². The second-order valence-electron chi connectivity index (χ2n) is 7.12. The maximum atomic E-state index is 4.69. The molecule has 1 aliphatic heterocycles. The monoisotopic (exact) mass is 508 g/mol. The zero-order chi connectivity index (χ0) is 19.4. The van der Waals surface area contributed by atoms with Crippen LogP contribution in [0.1, 0.15) is 43.9 Å². The number of pyridine rings is 2. The lowest BCUT2D eigenvalue weighted by Crippen LogP contribution is -2.38. The predicted octanol–water partition coefficient (Wildman–Crippen LogP) is 3.77. The van der Waals surface area contributed by atoms with Crippen molar-refractivity contribution < 1.29 is 0 Å². The van der Waals surface area contributed by atoms with Gasteiger partial charge >= 0.3 is 0 Å². The van der Waals surface area contributed by atoms with Gasteiger partial charge in [0.15, 0.2) is 5.96 Å². The van der Waals surface area contributed by atoms with Gasteiger partial charge in [0.25, 0.3) is 0 Å². The molecular weight excluding hydrogens is 475 g/mol. The van der Waals surface area contributed by atoms with E-state index in [0.29, 0.717) is 6.54 Å². The van der Waals surface area contributed by atoms with Crippen LogP contribution >= 0.6 is 24.0 Å². The minimum absolute atomic E-state index is 0. The third kappa shape index (κ3) is 8.16. The van der Waals surface area contributed by atoms with Gasteiger partial charge in [-0.15, -0.1) is 24.0 Å². The molecule has 1 aliphatic rings. The first-order chi connectivity index (χ1) is 13.8. The third-order valence-electron chi connectivity index (χ3n) is 4.90. The van der Waals surface area contributed by atoms with E-state index in [1.165, 1.54) is 25.7 Å². The summed E-state index contributed by atoms with van der Waals surface area (Å²) in [5.74, 6) is 1.92. The minimum atomic E-state index is 0. The summed E-state index contributed by atoms with van der Waals surface area (Å²) in [6, 6.07) is 10.3. The maximum absolute atomic E-state index is 4.69. The molecule has 0 radical (unpaired) electrons. The molecule has 2 N–H and O–H groups in total. The Morgan fingerprint density at radius 1 is 1.03 bits per heavy atom. The van der Waals surface area contributed by atoms with Gasteiger partial charge in [0.2, 0.25) is 0 Å². The molecule has 3 rings (SSSR count). The fraction of sp³-hybridized carbons (Fsp3) is 0.500. The van der Waals surface area contributed by atoms with Crippen LogP contribution in [0.5, 0.6) is 0 Å². The Morgan fingerprint density at radius 3 is 2.52 bits per heavy atom. The Labute approximate surface area is 191 Å². The van der Waals surface area contributed by atoms with Crippen molar-refractivity contribution in [3.05, 3.63) is 54.0 Å². The average Bonchev–Trinajstić information content (AvgIpc) is 3.03. The van der Waals surface area contributed by atoms with Crippen molar-refractivity contribution in [1.82, 2.24) is 20.6 Å². The van der Waals surface area contributed by atoms with E-state index in [2.05, 4.69) is 44.6 Å². The molecule has 2 aromatic heterocycles. The number of nitrogens with zero attached hydrogens (tertiary/aromatic N) is 4. The van der Waals surface area contributed by atoms with Crippen molar-refractivity contribution in [1.29, 1.82) is 0 Å². The molecule has 1 fully saturated rings. The zero-order valence-electron chi connectivity index (χ0n) is 17.3. The highest BCUT2D eigenvalue weighted by molar-refractivity contribution is 14.0. The van der Waals surface area contributed by atoms with E-state index >= 15 is 0 Å². The second kappa shape index (κ2) is 13.3. The minimum Gasteiger partial charge on any atom is -0.357 e. The Morgan fingerprint density at radius 2 is 1.86 bits per heavy atom. The van der Waals surface area contributed by atoms with Crippen LogP contribution in [0.3, 0.4) is 0 Å². The number of hydrogen-bond donors (Lipinski definition) is 2. The molecule has 0 aliphatic carbocycles. The Hall–Kier alpha value is -1.90. The summed E-state index contributed by atoms with van der Waals surface area (Å²) < 4.78 is 0. The van der Waals surface area contributed by atoms with E-state index in [0.717, 1.165) is 55.6 Å². The fourth-order valence-corrected chi connectivity index (χ4v) is 3.36. The molecule has 0 bridgehead atoms. The molecule has 1 saturated heterocycles. The van der Waals surface area contributed by atoms with Crippen LogP contribution in [0.25, 0.3) is 0 Å². The Bertz CT molecular complexity index is 712. The summed E-state index contributed by atoms with van der Waals surface area (Å²) >= 11 is 0. The lowest BCUT2D eigenvalue weighted by atomic mass is 10.2. The Kier molecular flexibility index (Phi) is 10.8. The molecule has 0 aromatic carbocycles. The Balaban J connectivity index is 0.00000300. The highest BCUT2D eigenvalue weighted by Gasteiger charge is 2.10. The van der Waals surface area contributed by atoms with Gasteiger partial charge in [0.05, 0.1) is 6.54 Å². The fourth-order valence-electron chi connectivity index (χ4n) is 3.36. The van der Waals surface area contributed by atoms with E-state index in [-0.39, 0.29) is 24.0 Å². The lowest BCUT2D eigenvalue weighted by molar-refractivity contribution is 0.726. The second-order valence-corrected chi connectivity index (χ2v) is 7.12. The van der Waals surface area contributed by atoms with Crippen molar-refractivity contribution >= 4 is 35.8 Å². The molecule has 3 heterocycles. The third-order valence-corrected chi connectivity index (χ3v) is 4.90. The first kappa shape index (κ1) is 23.4. The molecule has 0 saturated carbocycles. The van der Waals surface area contributed by atoms with Crippen molar-refractivity contribution in [2.24, 2.45) is 4.99 Å². The van der Waals surface area contributed by atoms with Crippen LogP contribution in [0, 0.1) is 0 Å². The first-order valence-electron chi connectivity index (χ1n) is 10.5. The van der Waals surface area contributed by atoms with Gasteiger partial charge in [-0.1, -0.05) is 25.0 Å². The van der Waals surface area contributed by atoms with Crippen molar-refractivity contribution in [2.45, 2.75) is 45.6 Å². The topological polar surface area (TPSA) is 65.4 Å². The van der Waals surface area contributed by atoms with Crippen LogP contribution in [-0.2, 0) is 13.0 Å². The summed E-state index contributed by atoms with van der Waals surface area (Å²) in [7, 11) is 0. The standard InChI is InChI=1S/C22H32N6.HI/c1-2-23-22(25-14-12-20-9-5-6-13-24-20)27-18-19-10-11-21(26-17-19)28-15-7-3-4-8-16-28;/h5-6,9-11,13,17H,2-4,7-8,12,14-16,18H2,1H3,(H2,23,25,27);1H. The molecule has 0 unspecified atom stereocenters. The summed E-state index contributed by atoms with van der Waals surface area (Å²) in [5, 5.41) is 6.68. The van der Waals surface area contributed by atoms with E-state index in [9.17, 15) is 0 Å². The van der Waals surface area contributed by atoms with E-state index in [1.807, 2.05) is 30.6 Å². The summed E-state index contributed by atoms with van der Waals surface area (Å²) in [6.45, 7) is 6.57. The summed E-state index contributed by atoms with van der Waals surface area (Å²) in [4.78, 5) is 16.1. The van der Waals surface area contributed by atoms with Crippen molar-refractivity contribution in [3.63, 3.8) is 0 Å². The van der Waals surface area contributed by atoms with Gasteiger partial charge in [0, 0.05) is 50.7 Å². The average molecular weight is 508 g/mol. The SMILES string of the molecule is CCNC(=NCc1ccc(N2CCCCCC2)nc1)NCCc1ccccn1.I. The number of nitrogens with one attached hydrogen (secondary N) is 2. The van der Waals surface area contributed by atoms with Crippen LogP contribution in [0.15, 0.2) is 47.7 Å². The number of anilines is 1. The summed E-state index contributed by atoms with van der Waals surface area (Å²) in [6.07, 6.45) is 9.87. The molecule has 2 aromatic rings. The number of aromatic nitrogens is 2. The molecule has 158 valence electrons. The highest BCUT2D eigenvalue weighted by Crippen LogP contribution is 2.17. The highest BCUT2D eigenvalue weighted by atomic mass is 127. The van der Waals surface area contributed by atoms with Crippen LogP contribution in [0.2, 0.25) is 0 Å². The van der Waals surface area contributed by atoms with E-state index in [4.69, 9.17) is 4.99 Å². The molecule has 0 atom stereocenters. The van der Waals surface area contributed by atoms with Gasteiger partial charge in [-0.25, -0.2) is 9.98 Å². The van der Waals surface area contributed by atoms with Gasteiger partial charge < -0.3 is 15.5 Å². The molecular formula is C22H33IN6. The van der Waals surface area contributed by atoms with Crippen LogP contribution < -0.4 is 15.5 Å². The summed E-state index contributed by atoms with van der Waals surface area (Å²) in [5.41, 5.74) is 2.21. The molecule has 0 amide bonds. The number of guanidine groups is 1. The lowest BCUT2D eigenvalue weighted by Gasteiger charge is -2.21. The smallest absolute Gasteiger partial charge is 0.191 e. The predicted molar refractivity (Wildman–Crippen MR) is 131 cm³/mol. The quantitative estimate of drug-likeness (QED) is 0.339. The van der Waals surface area contributed by atoms with E-state index in [1.54, 1.807) is 0 Å². The number of hydrogen-bond acceptors (Lipinski definition) is 4. The van der Waals surface area contributed by atoms with Crippen molar-refractivity contribution in [3.8, 4) is 0 Å². The first-order valence-corrected chi connectivity index (χ1v) is 10.5. The molecule has 7 heteroatoms. The normalized spacial score (nSPS) is 14.7. The molecule has 6 nitrogen and oxygen atoms in total. The number of rotatable bonds is 7. The van der Waals surface area contributed by atoms with Gasteiger partial charge in [-0.3, -0.25) is 4.98 Å². The van der Waals surface area contributed by atoms with E-state index < -0.39 is 0 Å². The van der Waals surface area contributed by atoms with Crippen LogP contribution in [-0.4, -0.2) is 42.1 Å².